The first-order valence-corrected chi connectivity index (χ1v) is 31.8. The molecule has 19 rings (SSSR count). The van der Waals surface area contributed by atoms with Gasteiger partial charge in [0.15, 0.2) is 0 Å². The number of anilines is 6. The van der Waals surface area contributed by atoms with Crippen molar-refractivity contribution in [2.45, 2.75) is 0 Å². The van der Waals surface area contributed by atoms with Gasteiger partial charge in [-0.05, 0) is 135 Å². The first kappa shape index (κ1) is 50.7. The van der Waals surface area contributed by atoms with Crippen molar-refractivity contribution in [3.8, 4) is 55.9 Å². The Morgan fingerprint density at radius 2 is 0.700 bits per heavy atom. The van der Waals surface area contributed by atoms with E-state index in [1.54, 1.807) is 0 Å². The Morgan fingerprint density at radius 1 is 0.256 bits per heavy atom. The summed E-state index contributed by atoms with van der Waals surface area (Å²) in [5.41, 5.74) is 27.1. The van der Waals surface area contributed by atoms with E-state index in [4.69, 9.17) is 0 Å². The molecule has 0 unspecified atom stereocenters. The molecule has 0 fully saturated rings. The highest BCUT2D eigenvalue weighted by Crippen LogP contribution is 2.54. The van der Waals surface area contributed by atoms with Crippen molar-refractivity contribution in [1.29, 1.82) is 0 Å². The number of para-hydroxylation sites is 6. The second-order valence-electron chi connectivity index (χ2n) is 23.9. The van der Waals surface area contributed by atoms with E-state index in [9.17, 15) is 0 Å². The first-order chi connectivity index (χ1) is 44.7. The fraction of sp³-hybridized carbons (Fsp3) is 0. The summed E-state index contributed by atoms with van der Waals surface area (Å²) < 4.78 is 7.51. The van der Waals surface area contributed by atoms with Gasteiger partial charge in [0.05, 0.1) is 43.8 Å². The number of fused-ring (bicyclic) bond motifs is 14. The summed E-state index contributed by atoms with van der Waals surface area (Å²) in [6, 6.07) is 120. The van der Waals surface area contributed by atoms with Crippen LogP contribution in [0, 0.1) is 0 Å². The lowest BCUT2D eigenvalue weighted by molar-refractivity contribution is 1.18. The molecule has 0 spiro atoms. The Morgan fingerprint density at radius 3 is 1.30 bits per heavy atom. The lowest BCUT2D eigenvalue weighted by atomic mass is 9.33. The second kappa shape index (κ2) is 20.1. The van der Waals surface area contributed by atoms with Crippen molar-refractivity contribution < 1.29 is 0 Å². The topological polar surface area (TPSA) is 16.3 Å². The summed E-state index contributed by atoms with van der Waals surface area (Å²) in [4.78, 5) is 5.31. The minimum atomic E-state index is -0.226. The van der Waals surface area contributed by atoms with Crippen molar-refractivity contribution in [2.75, 3.05) is 9.80 Å². The molecule has 0 N–H and O–H groups in total. The van der Waals surface area contributed by atoms with Gasteiger partial charge in [-0.3, -0.25) is 0 Å². The van der Waals surface area contributed by atoms with Gasteiger partial charge in [0.2, 0.25) is 0 Å². The van der Waals surface area contributed by atoms with Gasteiger partial charge < -0.3 is 18.9 Å². The van der Waals surface area contributed by atoms with E-state index < -0.39 is 0 Å². The standard InChI is InChI=1S/C84H53BN4S/c1-4-22-54(23-5-1)56-40-44-58(45-41-56)62-28-10-16-34-72(62)88-79-51-68-66-32-14-20-38-76(66)86(60-26-8-3-9-27-60)78(68)53-71(79)85-70-50-61(87-74-36-18-12-30-64(74)65-31-13-19-37-75(65)87)48-49-77(70)89(83-82(85)80(88)52-69-67-33-15-21-39-81(67)90-84(69)83)73-35-17-11-29-63(73)59-46-42-57(43-47-59)55-24-6-2-7-25-55/h1-53H. The van der Waals surface area contributed by atoms with Gasteiger partial charge in [-0.15, -0.1) is 11.3 Å². The fourth-order valence-electron chi connectivity index (χ4n) is 15.2. The molecule has 2 aliphatic rings. The Balaban J connectivity index is 0.956. The molecule has 0 saturated heterocycles. The maximum absolute atomic E-state index is 2.66. The highest BCUT2D eigenvalue weighted by molar-refractivity contribution is 7.26. The zero-order valence-corrected chi connectivity index (χ0v) is 49.7. The number of hydrogen-bond donors (Lipinski definition) is 0. The highest BCUT2D eigenvalue weighted by atomic mass is 32.1. The summed E-state index contributed by atoms with van der Waals surface area (Å²) >= 11 is 1.91. The van der Waals surface area contributed by atoms with Gasteiger partial charge in [0, 0.05) is 76.6 Å². The van der Waals surface area contributed by atoms with Gasteiger partial charge in [-0.2, -0.15) is 0 Å². The minimum absolute atomic E-state index is 0.226. The highest BCUT2D eigenvalue weighted by Gasteiger charge is 2.46. The lowest BCUT2D eigenvalue weighted by Gasteiger charge is -2.45. The van der Waals surface area contributed by atoms with Gasteiger partial charge in [-0.1, -0.05) is 237 Å². The number of benzene rings is 14. The second-order valence-corrected chi connectivity index (χ2v) is 24.9. The average Bonchev–Trinajstić information content (AvgIpc) is 1.14. The SMILES string of the molecule is c1ccc(-c2ccc(-c3ccccc3N3c4cc5c6ccccc6n(-c6ccccc6)c5cc4B4c5cc(-n6c7ccccc7c7ccccc76)ccc5N(c5ccccc5-c5ccc(-c6ccccc6)cc5)c5c4c3cc3c5sc4ccccc43)cc2)cc1. The molecule has 0 saturated carbocycles. The molecule has 3 aromatic heterocycles. The predicted molar refractivity (Wildman–Crippen MR) is 384 cm³/mol. The molecule has 17 aromatic rings. The van der Waals surface area contributed by atoms with Crippen LogP contribution in [0.25, 0.3) is 120 Å². The van der Waals surface area contributed by atoms with E-state index in [1.165, 1.54) is 114 Å². The quantitative estimate of drug-likeness (QED) is 0.141. The largest absolute Gasteiger partial charge is 0.311 e. The van der Waals surface area contributed by atoms with Crippen molar-refractivity contribution in [3.05, 3.63) is 322 Å². The summed E-state index contributed by atoms with van der Waals surface area (Å²) in [7, 11) is 0. The Kier molecular flexibility index (Phi) is 11.3. The predicted octanol–water partition coefficient (Wildman–Crippen LogP) is 21.0. The zero-order valence-electron chi connectivity index (χ0n) is 48.9. The van der Waals surface area contributed by atoms with Crippen LogP contribution in [0.15, 0.2) is 322 Å². The maximum atomic E-state index is 2.66. The summed E-state index contributed by atoms with van der Waals surface area (Å²) in [6.45, 7) is -0.226. The molecular weight excluding hydrogens is 1110 g/mol. The van der Waals surface area contributed by atoms with Crippen LogP contribution in [0.3, 0.4) is 0 Å². The van der Waals surface area contributed by atoms with Crippen molar-refractivity contribution >= 4 is 132 Å². The van der Waals surface area contributed by atoms with Crippen molar-refractivity contribution in [1.82, 2.24) is 9.13 Å². The molecule has 2 aliphatic heterocycles. The average molecular weight is 1160 g/mol. The number of aromatic nitrogens is 2. The van der Waals surface area contributed by atoms with E-state index in [0.29, 0.717) is 0 Å². The Hall–Kier alpha value is -11.4. The molecule has 0 radical (unpaired) electrons. The molecule has 5 heterocycles. The number of hydrogen-bond acceptors (Lipinski definition) is 3. The van der Waals surface area contributed by atoms with Crippen LogP contribution in [0.2, 0.25) is 0 Å². The third-order valence-electron chi connectivity index (χ3n) is 19.1. The zero-order chi connectivity index (χ0) is 59.0. The van der Waals surface area contributed by atoms with Crippen LogP contribution in [0.4, 0.5) is 34.1 Å². The Bertz CT molecular complexity index is 5680. The van der Waals surface area contributed by atoms with Crippen molar-refractivity contribution in [3.63, 3.8) is 0 Å². The van der Waals surface area contributed by atoms with Gasteiger partial charge >= 0.3 is 0 Å². The Labute approximate surface area is 525 Å². The maximum Gasteiger partial charge on any atom is 0.252 e. The molecule has 0 aliphatic carbocycles. The van der Waals surface area contributed by atoms with Crippen LogP contribution in [0.1, 0.15) is 0 Å². The van der Waals surface area contributed by atoms with E-state index in [2.05, 4.69) is 340 Å². The van der Waals surface area contributed by atoms with Gasteiger partial charge in [-0.25, -0.2) is 0 Å². The third kappa shape index (κ3) is 7.62. The first-order valence-electron chi connectivity index (χ1n) is 31.0. The van der Waals surface area contributed by atoms with Crippen LogP contribution >= 0.6 is 11.3 Å². The monoisotopic (exact) mass is 1160 g/mol. The van der Waals surface area contributed by atoms with E-state index in [0.717, 1.165) is 56.4 Å². The van der Waals surface area contributed by atoms with Crippen LogP contribution < -0.4 is 26.2 Å². The summed E-state index contributed by atoms with van der Waals surface area (Å²) in [6.07, 6.45) is 0. The van der Waals surface area contributed by atoms with Crippen LogP contribution in [0.5, 0.6) is 0 Å². The molecule has 4 nitrogen and oxygen atoms in total. The number of thiophene rings is 1. The molecule has 0 amide bonds. The molecule has 90 heavy (non-hydrogen) atoms. The molecule has 418 valence electrons. The van der Waals surface area contributed by atoms with Gasteiger partial charge in [0.1, 0.15) is 0 Å². The van der Waals surface area contributed by atoms with Crippen LogP contribution in [-0.2, 0) is 0 Å². The molecule has 14 aromatic carbocycles. The lowest BCUT2D eigenvalue weighted by Crippen LogP contribution is -2.61. The minimum Gasteiger partial charge on any atom is -0.311 e. The molecule has 6 heteroatoms. The summed E-state index contributed by atoms with van der Waals surface area (Å²) in [5.74, 6) is 0. The smallest absolute Gasteiger partial charge is 0.252 e. The van der Waals surface area contributed by atoms with E-state index in [-0.39, 0.29) is 6.71 Å². The number of rotatable bonds is 8. The molecule has 0 bridgehead atoms. The molecular formula is C84H53BN4S. The fourth-order valence-corrected chi connectivity index (χ4v) is 16.4. The van der Waals surface area contributed by atoms with E-state index in [1.807, 2.05) is 11.3 Å². The van der Waals surface area contributed by atoms with E-state index >= 15 is 0 Å². The van der Waals surface area contributed by atoms with Crippen LogP contribution in [-0.4, -0.2) is 15.8 Å². The summed E-state index contributed by atoms with van der Waals surface area (Å²) in [5, 5.41) is 7.39. The number of nitrogens with zero attached hydrogens (tertiary/aromatic N) is 4. The van der Waals surface area contributed by atoms with Gasteiger partial charge in [0.25, 0.3) is 6.71 Å². The molecule has 0 atom stereocenters. The van der Waals surface area contributed by atoms with Crippen molar-refractivity contribution in [2.24, 2.45) is 0 Å². The third-order valence-corrected chi connectivity index (χ3v) is 20.3. The normalized spacial score (nSPS) is 12.6.